The normalized spacial score (nSPS) is 15.2. The number of benzene rings is 4. The number of hydrogen-bond donors (Lipinski definition) is 0. The summed E-state index contributed by atoms with van der Waals surface area (Å²) in [6.45, 7) is 0.534. The molecule has 5 heteroatoms. The molecule has 0 aromatic heterocycles. The van der Waals surface area contributed by atoms with Crippen molar-refractivity contribution in [2.75, 3.05) is 20.8 Å². The Hall–Kier alpha value is -3.86. The van der Waals surface area contributed by atoms with E-state index in [0.29, 0.717) is 30.0 Å². The van der Waals surface area contributed by atoms with E-state index < -0.39 is 0 Å². The number of rotatable bonds is 4. The summed E-state index contributed by atoms with van der Waals surface area (Å²) >= 11 is 0. The molecule has 0 spiro atoms. The molecule has 0 saturated heterocycles. The van der Waals surface area contributed by atoms with Gasteiger partial charge in [0, 0.05) is 12.1 Å². The van der Waals surface area contributed by atoms with Crippen LogP contribution in [0.5, 0.6) is 11.5 Å². The van der Waals surface area contributed by atoms with Crippen molar-refractivity contribution in [1.82, 2.24) is 4.90 Å². The predicted octanol–water partition coefficient (Wildman–Crippen LogP) is 5.78. The molecule has 5 rings (SSSR count). The number of nitrogens with zero attached hydrogens (tertiary/aromatic N) is 1. The van der Waals surface area contributed by atoms with Crippen molar-refractivity contribution >= 4 is 16.7 Å². The molecular formula is C28H24FNO3. The Morgan fingerprint density at radius 1 is 0.909 bits per heavy atom. The summed E-state index contributed by atoms with van der Waals surface area (Å²) in [6.07, 6.45) is 0.684. The Morgan fingerprint density at radius 3 is 2.36 bits per heavy atom. The maximum atomic E-state index is 13.9. The molecule has 0 radical (unpaired) electrons. The molecule has 1 amide bonds. The van der Waals surface area contributed by atoms with E-state index in [0.717, 1.165) is 27.5 Å². The van der Waals surface area contributed by atoms with Crippen molar-refractivity contribution in [3.8, 4) is 11.5 Å². The second kappa shape index (κ2) is 8.58. The number of ether oxygens (including phenoxy) is 2. The third-order valence-corrected chi connectivity index (χ3v) is 6.34. The van der Waals surface area contributed by atoms with Crippen LogP contribution in [0.25, 0.3) is 10.8 Å². The topological polar surface area (TPSA) is 38.8 Å². The molecule has 1 aliphatic rings. The molecule has 0 aliphatic carbocycles. The third kappa shape index (κ3) is 3.69. The lowest BCUT2D eigenvalue weighted by Gasteiger charge is -2.38. The summed E-state index contributed by atoms with van der Waals surface area (Å²) < 4.78 is 24.8. The minimum absolute atomic E-state index is 0.0541. The molecule has 166 valence electrons. The second-order valence-electron chi connectivity index (χ2n) is 8.14. The Balaban J connectivity index is 1.67. The number of fused-ring (bicyclic) bond motifs is 2. The van der Waals surface area contributed by atoms with Crippen LogP contribution in [0.3, 0.4) is 0 Å². The van der Waals surface area contributed by atoms with Gasteiger partial charge in [-0.2, -0.15) is 0 Å². The highest BCUT2D eigenvalue weighted by molar-refractivity contribution is 6.07. The lowest BCUT2D eigenvalue weighted by atomic mass is 9.87. The van der Waals surface area contributed by atoms with Gasteiger partial charge in [-0.1, -0.05) is 48.5 Å². The quantitative estimate of drug-likeness (QED) is 0.403. The van der Waals surface area contributed by atoms with E-state index >= 15 is 0 Å². The van der Waals surface area contributed by atoms with Crippen LogP contribution in [0.15, 0.2) is 78.9 Å². The minimum atomic E-state index is -0.374. The van der Waals surface area contributed by atoms with Gasteiger partial charge in [0.2, 0.25) is 0 Å². The average Bonchev–Trinajstić information content (AvgIpc) is 2.87. The van der Waals surface area contributed by atoms with Gasteiger partial charge in [0.05, 0.1) is 20.3 Å². The van der Waals surface area contributed by atoms with Gasteiger partial charge in [0.1, 0.15) is 5.82 Å². The molecule has 0 bridgehead atoms. The molecule has 1 heterocycles. The fourth-order valence-corrected chi connectivity index (χ4v) is 4.74. The third-order valence-electron chi connectivity index (χ3n) is 6.34. The summed E-state index contributed by atoms with van der Waals surface area (Å²) in [5.41, 5.74) is 3.55. The molecular weight excluding hydrogens is 417 g/mol. The van der Waals surface area contributed by atoms with Crippen molar-refractivity contribution in [1.29, 1.82) is 0 Å². The SMILES string of the molecule is COc1cc2c(cc1OC)[C@@H](c1ccc(F)cc1)N(C(=O)c1cccc3ccccc13)CC2. The van der Waals surface area contributed by atoms with Crippen LogP contribution in [-0.4, -0.2) is 31.6 Å². The first-order valence-corrected chi connectivity index (χ1v) is 10.9. The standard InChI is InChI=1S/C28H24FNO3/c1-32-25-16-20-14-15-30(28(31)23-9-5-7-18-6-3-4-8-22(18)23)27(24(20)17-26(25)33-2)19-10-12-21(29)13-11-19/h3-13,16-17,27H,14-15H2,1-2H3/t27-/m1/s1. The Morgan fingerprint density at radius 2 is 1.61 bits per heavy atom. The summed E-state index contributed by atoms with van der Waals surface area (Å²) in [7, 11) is 3.21. The monoisotopic (exact) mass is 441 g/mol. The van der Waals surface area contributed by atoms with Crippen LogP contribution in [0, 0.1) is 5.82 Å². The summed E-state index contributed by atoms with van der Waals surface area (Å²) in [6, 6.07) is 23.6. The maximum absolute atomic E-state index is 13.9. The van der Waals surface area contributed by atoms with Crippen LogP contribution in [0.1, 0.15) is 33.1 Å². The zero-order valence-corrected chi connectivity index (χ0v) is 18.5. The summed E-state index contributed by atoms with van der Waals surface area (Å²) in [4.78, 5) is 15.8. The number of methoxy groups -OCH3 is 2. The van der Waals surface area contributed by atoms with Gasteiger partial charge in [-0.25, -0.2) is 4.39 Å². The molecule has 4 aromatic carbocycles. The maximum Gasteiger partial charge on any atom is 0.255 e. The van der Waals surface area contributed by atoms with Crippen molar-refractivity contribution < 1.29 is 18.7 Å². The van der Waals surface area contributed by atoms with Crippen LogP contribution in [-0.2, 0) is 6.42 Å². The van der Waals surface area contributed by atoms with E-state index in [1.807, 2.05) is 59.5 Å². The molecule has 33 heavy (non-hydrogen) atoms. The molecule has 0 unspecified atom stereocenters. The van der Waals surface area contributed by atoms with Gasteiger partial charge < -0.3 is 14.4 Å². The van der Waals surface area contributed by atoms with Crippen LogP contribution >= 0.6 is 0 Å². The molecule has 4 nitrogen and oxygen atoms in total. The van der Waals surface area contributed by atoms with Gasteiger partial charge in [-0.15, -0.1) is 0 Å². The number of carbonyl (C=O) groups is 1. The lowest BCUT2D eigenvalue weighted by molar-refractivity contribution is 0.0696. The summed E-state index contributed by atoms with van der Waals surface area (Å²) in [5, 5.41) is 1.94. The smallest absolute Gasteiger partial charge is 0.255 e. The van der Waals surface area contributed by atoms with E-state index in [2.05, 4.69) is 0 Å². The molecule has 0 fully saturated rings. The first-order valence-electron chi connectivity index (χ1n) is 10.9. The highest BCUT2D eigenvalue weighted by Crippen LogP contribution is 2.42. The van der Waals surface area contributed by atoms with Crippen molar-refractivity contribution in [3.63, 3.8) is 0 Å². The van der Waals surface area contributed by atoms with E-state index in [9.17, 15) is 9.18 Å². The molecule has 0 saturated carbocycles. The highest BCUT2D eigenvalue weighted by atomic mass is 19.1. The van der Waals surface area contributed by atoms with Crippen LogP contribution in [0.4, 0.5) is 4.39 Å². The predicted molar refractivity (Wildman–Crippen MR) is 126 cm³/mol. The molecule has 1 atom stereocenters. The van der Waals surface area contributed by atoms with E-state index in [1.54, 1.807) is 26.4 Å². The summed E-state index contributed by atoms with van der Waals surface area (Å²) in [5.74, 6) is 0.890. The zero-order valence-electron chi connectivity index (χ0n) is 18.5. The number of hydrogen-bond acceptors (Lipinski definition) is 3. The van der Waals surface area contributed by atoms with E-state index in [4.69, 9.17) is 9.47 Å². The van der Waals surface area contributed by atoms with Gasteiger partial charge in [0.25, 0.3) is 5.91 Å². The van der Waals surface area contributed by atoms with Crippen LogP contribution < -0.4 is 9.47 Å². The number of halogens is 1. The van der Waals surface area contributed by atoms with E-state index in [-0.39, 0.29) is 17.8 Å². The van der Waals surface area contributed by atoms with Gasteiger partial charge in [0.15, 0.2) is 11.5 Å². The molecule has 1 aliphatic heterocycles. The first-order chi connectivity index (χ1) is 16.1. The number of carbonyl (C=O) groups excluding carboxylic acids is 1. The van der Waals surface area contributed by atoms with Gasteiger partial charge in [-0.3, -0.25) is 4.79 Å². The lowest BCUT2D eigenvalue weighted by Crippen LogP contribution is -2.40. The highest BCUT2D eigenvalue weighted by Gasteiger charge is 2.34. The first kappa shape index (κ1) is 21.0. The number of amides is 1. The fraction of sp³-hybridized carbons (Fsp3) is 0.179. The Kier molecular flexibility index (Phi) is 5.47. The van der Waals surface area contributed by atoms with Crippen LogP contribution in [0.2, 0.25) is 0 Å². The fourth-order valence-electron chi connectivity index (χ4n) is 4.74. The zero-order chi connectivity index (χ0) is 22.9. The molecule has 0 N–H and O–H groups in total. The average molecular weight is 442 g/mol. The van der Waals surface area contributed by atoms with Crippen molar-refractivity contribution in [2.24, 2.45) is 0 Å². The minimum Gasteiger partial charge on any atom is -0.493 e. The Labute approximate surface area is 192 Å². The second-order valence-corrected chi connectivity index (χ2v) is 8.14. The van der Waals surface area contributed by atoms with Crippen molar-refractivity contribution in [2.45, 2.75) is 12.5 Å². The largest absolute Gasteiger partial charge is 0.493 e. The Bertz CT molecular complexity index is 1330. The van der Waals surface area contributed by atoms with Crippen molar-refractivity contribution in [3.05, 3.63) is 107 Å². The molecule has 4 aromatic rings. The van der Waals surface area contributed by atoms with Gasteiger partial charge in [-0.05, 0) is 64.2 Å². The van der Waals surface area contributed by atoms with Gasteiger partial charge >= 0.3 is 0 Å². The van der Waals surface area contributed by atoms with E-state index in [1.165, 1.54) is 12.1 Å².